The third-order valence-electron chi connectivity index (χ3n) is 3.95. The number of hydrogen-bond acceptors (Lipinski definition) is 10. The maximum Gasteiger partial charge on any atom is 0.355 e. The van der Waals surface area contributed by atoms with Crippen molar-refractivity contribution in [3.8, 4) is 0 Å². The second-order valence-corrected chi connectivity index (χ2v) is 9.32. The Morgan fingerprint density at radius 1 is 1.48 bits per heavy atom. The van der Waals surface area contributed by atoms with Crippen molar-refractivity contribution in [2.75, 3.05) is 18.6 Å². The number of hydrogen-bond donors (Lipinski definition) is 5. The van der Waals surface area contributed by atoms with E-state index in [1.54, 1.807) is 0 Å². The molecule has 2 unspecified atom stereocenters. The number of anilines is 1. The number of thiazole rings is 1. The summed E-state index contributed by atoms with van der Waals surface area (Å²) in [5, 5.41) is 15.5. The molecular formula is C13H14N5O8PS2. The topological polar surface area (TPSA) is 205 Å². The summed E-state index contributed by atoms with van der Waals surface area (Å²) < 4.78 is 11.6. The molecule has 0 saturated carbocycles. The van der Waals surface area contributed by atoms with Crippen LogP contribution in [0.4, 0.5) is 5.13 Å². The number of aliphatic carboxylic acids is 1. The van der Waals surface area contributed by atoms with Crippen LogP contribution >= 0.6 is 30.7 Å². The number of nitrogens with two attached hydrogens (primary N) is 1. The van der Waals surface area contributed by atoms with E-state index < -0.39 is 47.8 Å². The number of carboxylic acids is 1. The summed E-state index contributed by atoms with van der Waals surface area (Å²) in [5.41, 5.74) is 4.66. The number of nitrogens with zero attached hydrogens (tertiary/aromatic N) is 3. The standard InChI is InChI=1S/C13H14N5O8PS2/c1-26-17-6(4-2-29-13(14)15-4)9(19)16-7-10(20)18-8(12(21)22)5(27(23,24)25)3-28-11(7)18/h2,7,11H,3H2,1H3,(H2,14,15)(H,16,19)(H,21,22)(H2,23,24,25)/b17-6+. The van der Waals surface area contributed by atoms with Gasteiger partial charge in [-0.25, -0.2) is 9.78 Å². The van der Waals surface area contributed by atoms with Crippen LogP contribution < -0.4 is 11.1 Å². The summed E-state index contributed by atoms with van der Waals surface area (Å²) in [6, 6.07) is -1.13. The van der Waals surface area contributed by atoms with E-state index in [1.807, 2.05) is 0 Å². The highest BCUT2D eigenvalue weighted by Crippen LogP contribution is 2.54. The van der Waals surface area contributed by atoms with Gasteiger partial charge in [-0.2, -0.15) is 0 Å². The van der Waals surface area contributed by atoms with E-state index in [4.69, 9.17) is 5.73 Å². The van der Waals surface area contributed by atoms with Gasteiger partial charge in [-0.15, -0.1) is 23.1 Å². The molecule has 0 aromatic carbocycles. The lowest BCUT2D eigenvalue weighted by Crippen LogP contribution is -2.71. The average Bonchev–Trinajstić information content (AvgIpc) is 3.07. The molecule has 0 spiro atoms. The van der Waals surface area contributed by atoms with E-state index in [9.17, 15) is 33.8 Å². The number of carboxylic acid groups (broad SMARTS) is 1. The number of thioether (sulfide) groups is 1. The van der Waals surface area contributed by atoms with Gasteiger partial charge in [-0.1, -0.05) is 5.16 Å². The zero-order valence-electron chi connectivity index (χ0n) is 14.5. The number of oxime groups is 1. The number of rotatable bonds is 6. The van der Waals surface area contributed by atoms with Crippen LogP contribution in [0.15, 0.2) is 21.5 Å². The molecule has 1 fully saturated rings. The number of nitrogens with one attached hydrogen (secondary N) is 1. The van der Waals surface area contributed by atoms with E-state index in [-0.39, 0.29) is 22.3 Å². The molecule has 2 atom stereocenters. The van der Waals surface area contributed by atoms with Crippen LogP contribution in [-0.2, 0) is 23.8 Å². The minimum atomic E-state index is -4.88. The van der Waals surface area contributed by atoms with Crippen molar-refractivity contribution in [3.63, 3.8) is 0 Å². The van der Waals surface area contributed by atoms with Crippen LogP contribution in [0.25, 0.3) is 0 Å². The van der Waals surface area contributed by atoms with Crippen LogP contribution in [0.3, 0.4) is 0 Å². The Morgan fingerprint density at radius 2 is 2.17 bits per heavy atom. The van der Waals surface area contributed by atoms with Crippen molar-refractivity contribution in [3.05, 3.63) is 22.1 Å². The molecule has 2 amide bonds. The summed E-state index contributed by atoms with van der Waals surface area (Å²) >= 11 is 1.99. The van der Waals surface area contributed by atoms with Gasteiger partial charge >= 0.3 is 13.6 Å². The van der Waals surface area contributed by atoms with Crippen LogP contribution in [0.5, 0.6) is 0 Å². The summed E-state index contributed by atoms with van der Waals surface area (Å²) in [7, 11) is -3.66. The lowest BCUT2D eigenvalue weighted by Gasteiger charge is -2.49. The molecule has 1 saturated heterocycles. The van der Waals surface area contributed by atoms with Gasteiger partial charge in [0.05, 0.1) is 5.31 Å². The molecule has 2 aliphatic rings. The van der Waals surface area contributed by atoms with E-state index in [0.29, 0.717) is 0 Å². The molecular weight excluding hydrogens is 449 g/mol. The van der Waals surface area contributed by atoms with Gasteiger partial charge in [0.1, 0.15) is 29.9 Å². The second-order valence-electron chi connectivity index (χ2n) is 5.70. The Bertz CT molecular complexity index is 1000. The molecule has 29 heavy (non-hydrogen) atoms. The molecule has 3 heterocycles. The highest BCUT2D eigenvalue weighted by molar-refractivity contribution is 8.00. The molecule has 6 N–H and O–H groups in total. The van der Waals surface area contributed by atoms with Crippen molar-refractivity contribution in [2.45, 2.75) is 11.4 Å². The Hall–Kier alpha value is -2.45. The highest BCUT2D eigenvalue weighted by atomic mass is 32.2. The zero-order valence-corrected chi connectivity index (χ0v) is 17.0. The summed E-state index contributed by atoms with van der Waals surface area (Å²) in [5.74, 6) is -3.59. The average molecular weight is 463 g/mol. The monoisotopic (exact) mass is 463 g/mol. The fourth-order valence-electron chi connectivity index (χ4n) is 2.73. The van der Waals surface area contributed by atoms with Crippen molar-refractivity contribution in [2.24, 2.45) is 5.16 Å². The predicted molar refractivity (Wildman–Crippen MR) is 102 cm³/mol. The smallest absolute Gasteiger partial charge is 0.355 e. The number of aromatic nitrogens is 1. The van der Waals surface area contributed by atoms with E-state index in [1.165, 1.54) is 12.5 Å². The van der Waals surface area contributed by atoms with Gasteiger partial charge in [-0.3, -0.25) is 19.1 Å². The quantitative estimate of drug-likeness (QED) is 0.149. The van der Waals surface area contributed by atoms with Crippen LogP contribution in [0.1, 0.15) is 5.69 Å². The lowest BCUT2D eigenvalue weighted by molar-refractivity contribution is -0.150. The first-order chi connectivity index (χ1) is 13.6. The van der Waals surface area contributed by atoms with E-state index in [2.05, 4.69) is 20.3 Å². The van der Waals surface area contributed by atoms with Gasteiger partial charge in [-0.05, 0) is 0 Å². The van der Waals surface area contributed by atoms with Crippen LogP contribution in [-0.4, -0.2) is 72.6 Å². The molecule has 0 radical (unpaired) electrons. The van der Waals surface area contributed by atoms with Gasteiger partial charge in [0.15, 0.2) is 10.8 Å². The largest absolute Gasteiger partial charge is 0.477 e. The fourth-order valence-corrected chi connectivity index (χ4v) is 5.85. The van der Waals surface area contributed by atoms with Gasteiger partial charge in [0.25, 0.3) is 11.8 Å². The molecule has 1 aromatic rings. The number of nitrogen functional groups attached to an aromatic ring is 1. The summed E-state index contributed by atoms with van der Waals surface area (Å²) in [4.78, 5) is 64.6. The van der Waals surface area contributed by atoms with Crippen molar-refractivity contribution in [1.82, 2.24) is 15.2 Å². The lowest BCUT2D eigenvalue weighted by atomic mass is 10.0. The Morgan fingerprint density at radius 3 is 2.69 bits per heavy atom. The van der Waals surface area contributed by atoms with Gasteiger partial charge in [0.2, 0.25) is 0 Å². The molecule has 13 nitrogen and oxygen atoms in total. The minimum Gasteiger partial charge on any atom is -0.477 e. The second kappa shape index (κ2) is 7.76. The Kier molecular flexibility index (Phi) is 5.69. The third-order valence-corrected chi connectivity index (χ3v) is 7.19. The normalized spacial score (nSPS) is 22.1. The Labute approximate surface area is 170 Å². The van der Waals surface area contributed by atoms with Gasteiger partial charge < -0.3 is 30.8 Å². The first kappa shape index (κ1) is 21.3. The number of β-lactam (4-membered cyclic amide) rings is 1. The molecule has 16 heteroatoms. The van der Waals surface area contributed by atoms with Crippen molar-refractivity contribution in [1.29, 1.82) is 0 Å². The SMILES string of the molecule is CO/N=C(/C(=O)NC1C(=O)N2C(C(=O)O)=C(P(=O)(O)O)CSC12)c1csc(N)n1. The summed E-state index contributed by atoms with van der Waals surface area (Å²) in [6.07, 6.45) is 0. The number of carbonyl (C=O) groups excluding carboxylic acids is 2. The molecule has 0 aliphatic carbocycles. The number of carbonyl (C=O) groups is 3. The fraction of sp³-hybridized carbons (Fsp3) is 0.308. The van der Waals surface area contributed by atoms with Crippen LogP contribution in [0.2, 0.25) is 0 Å². The molecule has 1 aromatic heterocycles. The zero-order chi connectivity index (χ0) is 21.5. The minimum absolute atomic E-state index is 0.127. The maximum atomic E-state index is 12.6. The molecule has 0 bridgehead atoms. The molecule has 2 aliphatic heterocycles. The molecule has 3 rings (SSSR count). The maximum absolute atomic E-state index is 12.6. The van der Waals surface area contributed by atoms with Crippen LogP contribution in [0, 0.1) is 0 Å². The predicted octanol–water partition coefficient (Wildman–Crippen LogP) is -1.05. The summed E-state index contributed by atoms with van der Waals surface area (Å²) in [6.45, 7) is 0. The Balaban J connectivity index is 1.84. The van der Waals surface area contributed by atoms with Crippen molar-refractivity contribution < 1.29 is 38.7 Å². The van der Waals surface area contributed by atoms with Gasteiger partial charge in [0, 0.05) is 11.1 Å². The third kappa shape index (κ3) is 3.86. The number of amides is 2. The number of fused-ring (bicyclic) bond motifs is 1. The molecule has 156 valence electrons. The van der Waals surface area contributed by atoms with E-state index >= 15 is 0 Å². The highest BCUT2D eigenvalue weighted by Gasteiger charge is 2.56. The first-order valence-electron chi connectivity index (χ1n) is 7.67. The first-order valence-corrected chi connectivity index (χ1v) is 11.2. The van der Waals surface area contributed by atoms with Crippen molar-refractivity contribution >= 4 is 59.3 Å². The van der Waals surface area contributed by atoms with E-state index in [0.717, 1.165) is 28.0 Å².